The number of rotatable bonds is 6. The van der Waals surface area contributed by atoms with Gasteiger partial charge >= 0.3 is 0 Å². The maximum atomic E-state index is 13.9. The molecular formula is C30H30O6. The van der Waals surface area contributed by atoms with E-state index in [4.69, 9.17) is 18.9 Å². The van der Waals surface area contributed by atoms with Crippen molar-refractivity contribution in [3.8, 4) is 23.0 Å². The molecule has 0 aliphatic carbocycles. The van der Waals surface area contributed by atoms with Gasteiger partial charge in [0, 0.05) is 11.6 Å². The van der Waals surface area contributed by atoms with Crippen LogP contribution in [0.2, 0.25) is 0 Å². The van der Waals surface area contributed by atoms with Gasteiger partial charge in [0.1, 0.15) is 41.8 Å². The summed E-state index contributed by atoms with van der Waals surface area (Å²) >= 11 is 0. The zero-order valence-corrected chi connectivity index (χ0v) is 21.0. The van der Waals surface area contributed by atoms with Crippen LogP contribution in [0.15, 0.2) is 60.7 Å². The molecule has 0 saturated heterocycles. The minimum atomic E-state index is -1.93. The highest BCUT2D eigenvalue weighted by Gasteiger charge is 2.48. The maximum Gasteiger partial charge on any atom is 0.206 e. The monoisotopic (exact) mass is 486 g/mol. The fourth-order valence-electron chi connectivity index (χ4n) is 4.65. The van der Waals surface area contributed by atoms with E-state index in [-0.39, 0.29) is 13.2 Å². The standard InChI is InChI=1S/C30H30O6/c1-5-33-21-11-12-23(25(16-21)34-17-20-9-7-6-8-10-20)30(32)18-35-27-22-13-14-29(3,4)36-24(22)15-19(2)26(27)28(30)31/h6-16,32H,5,17-18H2,1-4H3. The van der Waals surface area contributed by atoms with E-state index in [0.29, 0.717) is 51.9 Å². The molecule has 36 heavy (non-hydrogen) atoms. The molecule has 2 aliphatic rings. The van der Waals surface area contributed by atoms with Crippen molar-refractivity contribution in [3.05, 3.63) is 88.5 Å². The highest BCUT2D eigenvalue weighted by atomic mass is 16.5. The Kier molecular flexibility index (Phi) is 6.00. The number of carbonyl (C=O) groups is 1. The van der Waals surface area contributed by atoms with Crippen LogP contribution in [-0.2, 0) is 12.2 Å². The van der Waals surface area contributed by atoms with Gasteiger partial charge in [0.2, 0.25) is 5.78 Å². The molecule has 3 aromatic rings. The summed E-state index contributed by atoms with van der Waals surface area (Å²) in [7, 11) is 0. The van der Waals surface area contributed by atoms with E-state index in [1.165, 1.54) is 0 Å². The molecule has 0 spiro atoms. The van der Waals surface area contributed by atoms with Gasteiger partial charge in [-0.25, -0.2) is 0 Å². The van der Waals surface area contributed by atoms with Gasteiger partial charge in [-0.3, -0.25) is 4.79 Å². The molecule has 2 heterocycles. The number of fused-ring (bicyclic) bond motifs is 3. The van der Waals surface area contributed by atoms with Gasteiger partial charge in [0.05, 0.1) is 17.7 Å². The van der Waals surface area contributed by atoms with Crippen molar-refractivity contribution >= 4 is 11.9 Å². The highest BCUT2D eigenvalue weighted by molar-refractivity contribution is 6.08. The zero-order valence-electron chi connectivity index (χ0n) is 21.0. The Morgan fingerprint density at radius 2 is 1.83 bits per heavy atom. The third kappa shape index (κ3) is 4.22. The lowest BCUT2D eigenvalue weighted by atomic mass is 9.81. The van der Waals surface area contributed by atoms with Crippen molar-refractivity contribution in [2.45, 2.75) is 45.5 Å². The summed E-state index contributed by atoms with van der Waals surface area (Å²) in [4.78, 5) is 13.9. The molecule has 186 valence electrons. The molecule has 0 saturated carbocycles. The average molecular weight is 487 g/mol. The van der Waals surface area contributed by atoms with Gasteiger partial charge in [-0.1, -0.05) is 30.3 Å². The largest absolute Gasteiger partial charge is 0.494 e. The molecule has 0 fully saturated rings. The van der Waals surface area contributed by atoms with E-state index in [1.807, 2.05) is 76.2 Å². The van der Waals surface area contributed by atoms with Crippen LogP contribution in [0.4, 0.5) is 0 Å². The van der Waals surface area contributed by atoms with Crippen molar-refractivity contribution in [2.75, 3.05) is 13.2 Å². The predicted octanol–water partition coefficient (Wildman–Crippen LogP) is 5.62. The number of ketones is 1. The van der Waals surface area contributed by atoms with E-state index in [1.54, 1.807) is 18.2 Å². The third-order valence-corrected chi connectivity index (χ3v) is 6.48. The molecule has 1 atom stereocenters. The molecule has 0 aromatic heterocycles. The molecule has 2 aliphatic heterocycles. The number of hydrogen-bond acceptors (Lipinski definition) is 6. The molecule has 1 unspecified atom stereocenters. The molecule has 0 bridgehead atoms. The number of hydrogen-bond donors (Lipinski definition) is 1. The van der Waals surface area contributed by atoms with Crippen LogP contribution in [0, 0.1) is 6.92 Å². The van der Waals surface area contributed by atoms with Gasteiger partial charge in [-0.05, 0) is 69.2 Å². The van der Waals surface area contributed by atoms with E-state index >= 15 is 0 Å². The molecule has 5 rings (SSSR count). The van der Waals surface area contributed by atoms with Crippen LogP contribution in [0.5, 0.6) is 23.0 Å². The highest BCUT2D eigenvalue weighted by Crippen LogP contribution is 2.47. The predicted molar refractivity (Wildman–Crippen MR) is 137 cm³/mol. The average Bonchev–Trinajstić information content (AvgIpc) is 2.85. The topological polar surface area (TPSA) is 74.2 Å². The summed E-state index contributed by atoms with van der Waals surface area (Å²) in [5.74, 6) is 1.62. The summed E-state index contributed by atoms with van der Waals surface area (Å²) in [6, 6.07) is 16.7. The number of Topliss-reactive ketones (excluding diaryl/α,β-unsaturated/α-hetero) is 1. The number of aliphatic hydroxyl groups is 1. The molecule has 3 aromatic carbocycles. The second kappa shape index (κ2) is 9.03. The normalized spacial score (nSPS) is 19.5. The summed E-state index contributed by atoms with van der Waals surface area (Å²) in [6.07, 6.45) is 3.85. The second-order valence-corrected chi connectivity index (χ2v) is 9.69. The van der Waals surface area contributed by atoms with Crippen molar-refractivity contribution in [1.82, 2.24) is 0 Å². The first-order chi connectivity index (χ1) is 17.2. The SMILES string of the molecule is CCOc1ccc(C2(O)COc3c4c(cc(C)c3C2=O)OC(C)(C)C=C4)c(OCc2ccccc2)c1. The van der Waals surface area contributed by atoms with Crippen LogP contribution in [0.3, 0.4) is 0 Å². The number of benzene rings is 3. The smallest absolute Gasteiger partial charge is 0.206 e. The number of carbonyl (C=O) groups excluding carboxylic acids is 1. The van der Waals surface area contributed by atoms with Gasteiger partial charge in [0.25, 0.3) is 0 Å². The van der Waals surface area contributed by atoms with Gasteiger partial charge < -0.3 is 24.1 Å². The molecule has 0 radical (unpaired) electrons. The Balaban J connectivity index is 1.55. The Bertz CT molecular complexity index is 1340. The quantitative estimate of drug-likeness (QED) is 0.488. The van der Waals surface area contributed by atoms with Crippen LogP contribution in [0.1, 0.15) is 53.4 Å². The van der Waals surface area contributed by atoms with Crippen molar-refractivity contribution in [2.24, 2.45) is 0 Å². The van der Waals surface area contributed by atoms with E-state index in [2.05, 4.69) is 0 Å². The van der Waals surface area contributed by atoms with Gasteiger partial charge in [-0.15, -0.1) is 0 Å². The maximum absolute atomic E-state index is 13.9. The van der Waals surface area contributed by atoms with Crippen molar-refractivity contribution in [1.29, 1.82) is 0 Å². The van der Waals surface area contributed by atoms with Crippen molar-refractivity contribution in [3.63, 3.8) is 0 Å². The first-order valence-electron chi connectivity index (χ1n) is 12.1. The van der Waals surface area contributed by atoms with Gasteiger partial charge in [0.15, 0.2) is 5.60 Å². The van der Waals surface area contributed by atoms with Crippen LogP contribution in [-0.4, -0.2) is 29.7 Å². The fraction of sp³-hybridized carbons (Fsp3) is 0.300. The molecule has 6 nitrogen and oxygen atoms in total. The number of ether oxygens (including phenoxy) is 4. The number of aryl methyl sites for hydroxylation is 1. The first kappa shape index (κ1) is 23.9. The van der Waals surface area contributed by atoms with Crippen molar-refractivity contribution < 1.29 is 28.8 Å². The Morgan fingerprint density at radius 1 is 1.06 bits per heavy atom. The van der Waals surface area contributed by atoms with E-state index < -0.39 is 17.0 Å². The van der Waals surface area contributed by atoms with E-state index in [0.717, 1.165) is 5.56 Å². The lowest BCUT2D eigenvalue weighted by Crippen LogP contribution is -2.46. The lowest BCUT2D eigenvalue weighted by molar-refractivity contribution is -0.00705. The van der Waals surface area contributed by atoms with Crippen LogP contribution >= 0.6 is 0 Å². The Labute approximate surface area is 211 Å². The Morgan fingerprint density at radius 3 is 2.58 bits per heavy atom. The first-order valence-corrected chi connectivity index (χ1v) is 12.1. The summed E-state index contributed by atoms with van der Waals surface area (Å²) < 4.78 is 24.0. The minimum Gasteiger partial charge on any atom is -0.494 e. The minimum absolute atomic E-state index is 0.248. The molecule has 6 heteroatoms. The summed E-state index contributed by atoms with van der Waals surface area (Å²) in [5, 5.41) is 11.8. The molecule has 1 N–H and O–H groups in total. The van der Waals surface area contributed by atoms with Crippen LogP contribution < -0.4 is 18.9 Å². The van der Waals surface area contributed by atoms with Gasteiger partial charge in [-0.2, -0.15) is 0 Å². The fourth-order valence-corrected chi connectivity index (χ4v) is 4.65. The molecular weight excluding hydrogens is 456 g/mol. The second-order valence-electron chi connectivity index (χ2n) is 9.69. The molecule has 0 amide bonds. The summed E-state index contributed by atoms with van der Waals surface area (Å²) in [6.45, 7) is 8.16. The summed E-state index contributed by atoms with van der Waals surface area (Å²) in [5.41, 5.74) is 0.641. The zero-order chi connectivity index (χ0) is 25.5. The third-order valence-electron chi connectivity index (χ3n) is 6.48. The Hall–Kier alpha value is -3.77. The lowest BCUT2D eigenvalue weighted by Gasteiger charge is -2.36. The van der Waals surface area contributed by atoms with Crippen LogP contribution in [0.25, 0.3) is 6.08 Å². The van der Waals surface area contributed by atoms with E-state index in [9.17, 15) is 9.90 Å².